The fourth-order valence-corrected chi connectivity index (χ4v) is 5.78. The molecule has 7 heteroatoms. The zero-order chi connectivity index (χ0) is 29.8. The van der Waals surface area contributed by atoms with Gasteiger partial charge in [0.15, 0.2) is 0 Å². The predicted octanol–water partition coefficient (Wildman–Crippen LogP) is 8.51. The number of guanidine groups is 1. The van der Waals surface area contributed by atoms with Gasteiger partial charge in [-0.1, -0.05) is 102 Å². The third-order valence-electron chi connectivity index (χ3n) is 7.03. The minimum absolute atomic E-state index is 0.0958. The molecule has 6 nitrogen and oxygen atoms in total. The summed E-state index contributed by atoms with van der Waals surface area (Å²) in [5.74, 6) is 0.644. The second-order valence-corrected chi connectivity index (χ2v) is 11.9. The second-order valence-electron chi connectivity index (χ2n) is 10.3. The molecule has 1 N–H and O–H groups in total. The summed E-state index contributed by atoms with van der Waals surface area (Å²) in [6.45, 7) is 3.94. The highest BCUT2D eigenvalue weighted by Gasteiger charge is 2.25. The average Bonchev–Trinajstić information content (AvgIpc) is 3.03. The van der Waals surface area contributed by atoms with Crippen molar-refractivity contribution in [3.63, 3.8) is 0 Å². The molecule has 0 atom stereocenters. The van der Waals surface area contributed by atoms with Gasteiger partial charge in [-0.3, -0.25) is 4.90 Å². The maximum atomic E-state index is 13.8. The van der Waals surface area contributed by atoms with E-state index in [1.165, 1.54) is 0 Å². The lowest BCUT2D eigenvalue weighted by atomic mass is 10.0. The molecule has 1 heterocycles. The van der Waals surface area contributed by atoms with Crippen LogP contribution in [0.25, 0.3) is 22.0 Å². The topological polar surface area (TPSA) is 74.7 Å². The molecule has 1 aromatic heterocycles. The van der Waals surface area contributed by atoms with Gasteiger partial charge in [-0.15, -0.1) is 4.40 Å². The zero-order valence-electron chi connectivity index (χ0n) is 23.8. The van der Waals surface area contributed by atoms with E-state index in [2.05, 4.69) is 34.0 Å². The fraction of sp³-hybridized carbons (Fsp3) is 0.0556. The molecule has 0 fully saturated rings. The first-order chi connectivity index (χ1) is 20.9. The van der Waals surface area contributed by atoms with Crippen LogP contribution in [0.4, 0.5) is 17.2 Å². The number of benzene rings is 5. The predicted molar refractivity (Wildman–Crippen MR) is 176 cm³/mol. The highest BCUT2D eigenvalue weighted by molar-refractivity contribution is 7.90. The number of hydrogen-bond donors (Lipinski definition) is 1. The van der Waals surface area contributed by atoms with Gasteiger partial charge in [0.1, 0.15) is 5.82 Å². The summed E-state index contributed by atoms with van der Waals surface area (Å²) in [5.41, 5.74) is 5.10. The Balaban J connectivity index is 1.65. The number of rotatable bonds is 6. The van der Waals surface area contributed by atoms with Gasteiger partial charge in [0.05, 0.1) is 16.3 Å². The fourth-order valence-electron chi connectivity index (χ4n) is 4.84. The van der Waals surface area contributed by atoms with Crippen LogP contribution in [-0.2, 0) is 10.0 Å². The van der Waals surface area contributed by atoms with E-state index in [4.69, 9.17) is 4.98 Å². The number of anilines is 3. The summed E-state index contributed by atoms with van der Waals surface area (Å²) in [5, 5.41) is 5.14. The molecular formula is C36H30N4O2S. The van der Waals surface area contributed by atoms with Crippen molar-refractivity contribution in [2.75, 3.05) is 10.2 Å². The minimum Gasteiger partial charge on any atom is -0.325 e. The summed E-state index contributed by atoms with van der Waals surface area (Å²) >= 11 is 0. The first kappa shape index (κ1) is 27.9. The Morgan fingerprint density at radius 3 is 1.98 bits per heavy atom. The molecule has 0 saturated heterocycles. The highest BCUT2D eigenvalue weighted by atomic mass is 32.2. The number of pyridine rings is 1. The van der Waals surface area contributed by atoms with E-state index in [1.54, 1.807) is 29.2 Å². The van der Waals surface area contributed by atoms with E-state index in [1.807, 2.05) is 105 Å². The van der Waals surface area contributed by atoms with Crippen molar-refractivity contribution in [1.82, 2.24) is 4.98 Å². The Bertz CT molecular complexity index is 2010. The summed E-state index contributed by atoms with van der Waals surface area (Å²) in [7, 11) is -4.13. The van der Waals surface area contributed by atoms with Crippen molar-refractivity contribution in [3.05, 3.63) is 151 Å². The largest absolute Gasteiger partial charge is 0.325 e. The van der Waals surface area contributed by atoms with E-state index in [0.717, 1.165) is 33.2 Å². The van der Waals surface area contributed by atoms with Crippen molar-refractivity contribution in [3.8, 4) is 11.3 Å². The molecule has 0 aliphatic carbocycles. The van der Waals surface area contributed by atoms with Crippen LogP contribution in [0.1, 0.15) is 11.1 Å². The number of hydrogen-bond acceptors (Lipinski definition) is 3. The van der Waals surface area contributed by atoms with Gasteiger partial charge >= 0.3 is 0 Å². The van der Waals surface area contributed by atoms with E-state index in [0.29, 0.717) is 17.2 Å². The number of nitrogens with one attached hydrogen (secondary N) is 1. The minimum atomic E-state index is -4.13. The van der Waals surface area contributed by atoms with Crippen LogP contribution in [0.3, 0.4) is 0 Å². The SMILES string of the molecule is Cc1ccc(S(=O)(=O)/N=C(\Nc2ccccc2)N(c2ccccc2)c2nc(-c3ccccc3)cc3ccc(C)cc23)cc1. The maximum absolute atomic E-state index is 13.8. The maximum Gasteiger partial charge on any atom is 0.285 e. The third-order valence-corrected chi connectivity index (χ3v) is 8.31. The molecule has 0 bridgehead atoms. The van der Waals surface area contributed by atoms with Gasteiger partial charge in [-0.2, -0.15) is 8.42 Å². The number of aryl methyl sites for hydroxylation is 2. The van der Waals surface area contributed by atoms with E-state index < -0.39 is 10.0 Å². The smallest absolute Gasteiger partial charge is 0.285 e. The lowest BCUT2D eigenvalue weighted by Gasteiger charge is -2.28. The summed E-state index contributed by atoms with van der Waals surface area (Å²) in [4.78, 5) is 7.06. The van der Waals surface area contributed by atoms with Gasteiger partial charge in [-0.25, -0.2) is 4.98 Å². The Morgan fingerprint density at radius 1 is 0.698 bits per heavy atom. The monoisotopic (exact) mass is 582 g/mol. The van der Waals surface area contributed by atoms with Crippen molar-refractivity contribution < 1.29 is 8.42 Å². The third kappa shape index (κ3) is 6.17. The lowest BCUT2D eigenvalue weighted by Crippen LogP contribution is -2.34. The molecule has 212 valence electrons. The Labute approximate surface area is 252 Å². The van der Waals surface area contributed by atoms with Crippen LogP contribution in [-0.4, -0.2) is 19.4 Å². The van der Waals surface area contributed by atoms with Crippen molar-refractivity contribution in [2.24, 2.45) is 4.40 Å². The molecule has 6 rings (SSSR count). The normalized spacial score (nSPS) is 11.8. The summed E-state index contributed by atoms with van der Waals surface area (Å²) in [6.07, 6.45) is 0. The van der Waals surface area contributed by atoms with Gasteiger partial charge < -0.3 is 5.32 Å². The molecule has 0 aliphatic rings. The number of para-hydroxylation sites is 2. The Morgan fingerprint density at radius 2 is 1.30 bits per heavy atom. The molecule has 43 heavy (non-hydrogen) atoms. The van der Waals surface area contributed by atoms with Crippen molar-refractivity contribution >= 4 is 43.9 Å². The standard InChI is InChI=1S/C36H30N4O2S/c1-26-19-22-32(23-20-26)43(41,42)39-36(37-30-14-8-4-9-15-30)40(31-16-10-5-11-17-31)35-33-24-27(2)18-21-29(33)25-34(38-35)28-12-6-3-7-13-28/h3-25H,1-2H3,(H,37,39). The zero-order valence-corrected chi connectivity index (χ0v) is 24.7. The van der Waals surface area contributed by atoms with Gasteiger partial charge in [0.25, 0.3) is 10.0 Å². The van der Waals surface area contributed by atoms with Crippen LogP contribution in [0.15, 0.2) is 149 Å². The Kier molecular flexibility index (Phi) is 7.73. The molecule has 0 amide bonds. The number of nitrogens with zero attached hydrogens (tertiary/aromatic N) is 3. The summed E-state index contributed by atoms with van der Waals surface area (Å²) in [6, 6.07) is 43.9. The average molecular weight is 583 g/mol. The summed E-state index contributed by atoms with van der Waals surface area (Å²) < 4.78 is 32.1. The number of aromatic nitrogens is 1. The highest BCUT2D eigenvalue weighted by Crippen LogP contribution is 2.35. The van der Waals surface area contributed by atoms with Gasteiger partial charge in [0.2, 0.25) is 5.96 Å². The first-order valence-corrected chi connectivity index (χ1v) is 15.4. The van der Waals surface area contributed by atoms with E-state index >= 15 is 0 Å². The molecular weight excluding hydrogens is 552 g/mol. The first-order valence-electron chi connectivity index (χ1n) is 13.9. The van der Waals surface area contributed by atoms with Gasteiger partial charge in [0, 0.05) is 16.6 Å². The Hall–Kier alpha value is -5.27. The molecule has 0 radical (unpaired) electrons. The van der Waals surface area contributed by atoms with Crippen LogP contribution < -0.4 is 10.2 Å². The number of sulfonamides is 1. The lowest BCUT2D eigenvalue weighted by molar-refractivity contribution is 0.598. The van der Waals surface area contributed by atoms with Crippen molar-refractivity contribution in [1.29, 1.82) is 0 Å². The molecule has 0 saturated carbocycles. The second kappa shape index (κ2) is 11.9. The van der Waals surface area contributed by atoms with E-state index in [9.17, 15) is 8.42 Å². The van der Waals surface area contributed by atoms with Crippen LogP contribution >= 0.6 is 0 Å². The van der Waals surface area contributed by atoms with Gasteiger partial charge in [-0.05, 0) is 67.8 Å². The van der Waals surface area contributed by atoms with Crippen molar-refractivity contribution in [2.45, 2.75) is 18.7 Å². The molecule has 6 aromatic rings. The van der Waals surface area contributed by atoms with Crippen LogP contribution in [0, 0.1) is 13.8 Å². The molecule has 5 aromatic carbocycles. The quantitative estimate of drug-likeness (QED) is 0.157. The molecule has 0 spiro atoms. The number of fused-ring (bicyclic) bond motifs is 1. The van der Waals surface area contributed by atoms with Crippen LogP contribution in [0.2, 0.25) is 0 Å². The molecule has 0 unspecified atom stereocenters. The van der Waals surface area contributed by atoms with Crippen LogP contribution in [0.5, 0.6) is 0 Å². The van der Waals surface area contributed by atoms with E-state index in [-0.39, 0.29) is 10.9 Å². The molecule has 0 aliphatic heterocycles.